The third-order valence-corrected chi connectivity index (χ3v) is 2.76. The van der Waals surface area contributed by atoms with Gasteiger partial charge < -0.3 is 20.1 Å². The van der Waals surface area contributed by atoms with Gasteiger partial charge in [-0.1, -0.05) is 18.2 Å². The molecule has 0 aliphatic rings. The summed E-state index contributed by atoms with van der Waals surface area (Å²) in [6, 6.07) is 8.04. The Morgan fingerprint density at radius 1 is 0.952 bits per heavy atom. The average Bonchev–Trinajstić information content (AvgIpc) is 2.53. The highest BCUT2D eigenvalue weighted by molar-refractivity contribution is 5.39. The summed E-state index contributed by atoms with van der Waals surface area (Å²) in [4.78, 5) is 12.6. The SMILES string of the molecule is CCNc1nc(NCc2ccccc2OC)nc(OC)n1. The second kappa shape index (κ2) is 7.28. The molecule has 2 N–H and O–H groups in total. The molecule has 2 rings (SSSR count). The minimum Gasteiger partial charge on any atom is -0.496 e. The maximum absolute atomic E-state index is 5.31. The monoisotopic (exact) mass is 289 g/mol. The lowest BCUT2D eigenvalue weighted by Gasteiger charge is -2.10. The smallest absolute Gasteiger partial charge is 0.322 e. The van der Waals surface area contributed by atoms with Crippen LogP contribution in [0.3, 0.4) is 0 Å². The normalized spacial score (nSPS) is 10.0. The molecule has 0 amide bonds. The zero-order chi connectivity index (χ0) is 15.1. The van der Waals surface area contributed by atoms with Gasteiger partial charge in [-0.15, -0.1) is 0 Å². The van der Waals surface area contributed by atoms with Gasteiger partial charge in [0.05, 0.1) is 14.2 Å². The fraction of sp³-hybridized carbons (Fsp3) is 0.357. The van der Waals surface area contributed by atoms with Crippen molar-refractivity contribution in [2.24, 2.45) is 0 Å². The summed E-state index contributed by atoms with van der Waals surface area (Å²) in [5.41, 5.74) is 1.02. The van der Waals surface area contributed by atoms with Gasteiger partial charge in [0, 0.05) is 18.7 Å². The van der Waals surface area contributed by atoms with E-state index in [2.05, 4.69) is 25.6 Å². The maximum atomic E-state index is 5.31. The van der Waals surface area contributed by atoms with Crippen LogP contribution in [-0.4, -0.2) is 35.7 Å². The van der Waals surface area contributed by atoms with Crippen LogP contribution in [0.25, 0.3) is 0 Å². The lowest BCUT2D eigenvalue weighted by Crippen LogP contribution is -2.10. The number of rotatable bonds is 7. The molecule has 0 radical (unpaired) electrons. The Balaban J connectivity index is 2.13. The Labute approximate surface area is 123 Å². The summed E-state index contributed by atoms with van der Waals surface area (Å²) in [6.45, 7) is 3.24. The molecule has 0 fully saturated rings. The first-order chi connectivity index (χ1) is 10.3. The van der Waals surface area contributed by atoms with Gasteiger partial charge in [-0.3, -0.25) is 0 Å². The van der Waals surface area contributed by atoms with E-state index in [0.29, 0.717) is 18.4 Å². The number of nitrogens with zero attached hydrogens (tertiary/aromatic N) is 3. The molecule has 7 nitrogen and oxygen atoms in total. The molecule has 0 saturated heterocycles. The first kappa shape index (κ1) is 14.8. The van der Waals surface area contributed by atoms with E-state index in [1.165, 1.54) is 7.11 Å². The zero-order valence-electron chi connectivity index (χ0n) is 12.4. The Kier molecular flexibility index (Phi) is 5.14. The van der Waals surface area contributed by atoms with Crippen LogP contribution >= 0.6 is 0 Å². The van der Waals surface area contributed by atoms with Crippen LogP contribution in [0.2, 0.25) is 0 Å². The van der Waals surface area contributed by atoms with E-state index < -0.39 is 0 Å². The van der Waals surface area contributed by atoms with Gasteiger partial charge in [-0.25, -0.2) is 0 Å². The Bertz CT molecular complexity index is 591. The highest BCUT2D eigenvalue weighted by atomic mass is 16.5. The topological polar surface area (TPSA) is 81.2 Å². The summed E-state index contributed by atoms with van der Waals surface area (Å²) in [7, 11) is 3.17. The van der Waals surface area contributed by atoms with Gasteiger partial charge in [0.15, 0.2) is 0 Å². The number of nitrogens with one attached hydrogen (secondary N) is 2. The summed E-state index contributed by atoms with van der Waals surface area (Å²) in [6.07, 6.45) is 0. The van der Waals surface area contributed by atoms with Crippen molar-refractivity contribution in [2.45, 2.75) is 13.5 Å². The quantitative estimate of drug-likeness (QED) is 0.806. The largest absolute Gasteiger partial charge is 0.496 e. The standard InChI is InChI=1S/C14H19N5O2/c1-4-15-12-17-13(19-14(18-12)21-3)16-9-10-7-5-6-8-11(10)20-2/h5-8H,4,9H2,1-3H3,(H2,15,16,17,18,19). The van der Waals surface area contributed by atoms with Crippen molar-refractivity contribution in [3.05, 3.63) is 29.8 Å². The second-order valence-electron chi connectivity index (χ2n) is 4.17. The lowest BCUT2D eigenvalue weighted by atomic mass is 10.2. The maximum Gasteiger partial charge on any atom is 0.322 e. The summed E-state index contributed by atoms with van der Waals surface area (Å²) < 4.78 is 10.4. The molecule has 0 saturated carbocycles. The number of hydrogen-bond acceptors (Lipinski definition) is 7. The molecule has 7 heteroatoms. The van der Waals surface area contributed by atoms with Gasteiger partial charge in [-0.05, 0) is 13.0 Å². The molecule has 0 atom stereocenters. The van der Waals surface area contributed by atoms with Crippen LogP contribution in [0.15, 0.2) is 24.3 Å². The van der Waals surface area contributed by atoms with E-state index >= 15 is 0 Å². The summed E-state index contributed by atoms with van der Waals surface area (Å²) in [5, 5.41) is 6.18. The Morgan fingerprint density at radius 3 is 2.33 bits per heavy atom. The average molecular weight is 289 g/mol. The zero-order valence-corrected chi connectivity index (χ0v) is 12.4. The van der Waals surface area contributed by atoms with E-state index in [4.69, 9.17) is 9.47 Å². The van der Waals surface area contributed by atoms with E-state index in [-0.39, 0.29) is 6.01 Å². The molecule has 0 aliphatic heterocycles. The number of anilines is 2. The lowest BCUT2D eigenvalue weighted by molar-refractivity contribution is 0.379. The predicted octanol–water partition coefficient (Wildman–Crippen LogP) is 1.93. The first-order valence-corrected chi connectivity index (χ1v) is 6.66. The highest BCUT2D eigenvalue weighted by Gasteiger charge is 2.07. The van der Waals surface area contributed by atoms with Crippen molar-refractivity contribution < 1.29 is 9.47 Å². The van der Waals surface area contributed by atoms with Crippen molar-refractivity contribution in [2.75, 3.05) is 31.4 Å². The fourth-order valence-corrected chi connectivity index (χ4v) is 1.79. The molecule has 112 valence electrons. The van der Waals surface area contributed by atoms with Crippen LogP contribution in [0.1, 0.15) is 12.5 Å². The number of ether oxygens (including phenoxy) is 2. The van der Waals surface area contributed by atoms with Gasteiger partial charge in [-0.2, -0.15) is 15.0 Å². The minimum absolute atomic E-state index is 0.267. The van der Waals surface area contributed by atoms with Crippen molar-refractivity contribution in [1.82, 2.24) is 15.0 Å². The number of para-hydroxylation sites is 1. The second-order valence-corrected chi connectivity index (χ2v) is 4.17. The molecule has 2 aromatic rings. The van der Waals surface area contributed by atoms with Crippen LogP contribution in [-0.2, 0) is 6.54 Å². The van der Waals surface area contributed by atoms with E-state index in [1.54, 1.807) is 7.11 Å². The van der Waals surface area contributed by atoms with Crippen LogP contribution < -0.4 is 20.1 Å². The number of benzene rings is 1. The molecular weight excluding hydrogens is 270 g/mol. The van der Waals surface area contributed by atoms with E-state index in [1.807, 2.05) is 31.2 Å². The van der Waals surface area contributed by atoms with Gasteiger partial charge in [0.2, 0.25) is 11.9 Å². The predicted molar refractivity (Wildman–Crippen MR) is 80.9 cm³/mol. The van der Waals surface area contributed by atoms with Crippen molar-refractivity contribution >= 4 is 11.9 Å². The van der Waals surface area contributed by atoms with Crippen LogP contribution in [0, 0.1) is 0 Å². The van der Waals surface area contributed by atoms with Gasteiger partial charge in [0.1, 0.15) is 5.75 Å². The van der Waals surface area contributed by atoms with Crippen LogP contribution in [0.4, 0.5) is 11.9 Å². The molecule has 1 aromatic heterocycles. The van der Waals surface area contributed by atoms with Crippen molar-refractivity contribution in [1.29, 1.82) is 0 Å². The summed E-state index contributed by atoms with van der Waals surface area (Å²) in [5.74, 6) is 1.74. The third-order valence-electron chi connectivity index (χ3n) is 2.76. The molecule has 0 spiro atoms. The molecule has 1 heterocycles. The molecular formula is C14H19N5O2. The molecule has 21 heavy (non-hydrogen) atoms. The number of aromatic nitrogens is 3. The molecule has 0 aliphatic carbocycles. The fourth-order valence-electron chi connectivity index (χ4n) is 1.79. The third kappa shape index (κ3) is 3.95. The number of hydrogen-bond donors (Lipinski definition) is 2. The molecule has 0 bridgehead atoms. The van der Waals surface area contributed by atoms with Crippen molar-refractivity contribution in [3.63, 3.8) is 0 Å². The summed E-state index contributed by atoms with van der Waals surface area (Å²) >= 11 is 0. The number of methoxy groups -OCH3 is 2. The Hall–Kier alpha value is -2.57. The van der Waals surface area contributed by atoms with Gasteiger partial charge >= 0.3 is 6.01 Å². The first-order valence-electron chi connectivity index (χ1n) is 6.66. The highest BCUT2D eigenvalue weighted by Crippen LogP contribution is 2.18. The Morgan fingerprint density at radius 2 is 1.67 bits per heavy atom. The molecule has 1 aromatic carbocycles. The van der Waals surface area contributed by atoms with Crippen LogP contribution in [0.5, 0.6) is 11.8 Å². The van der Waals surface area contributed by atoms with E-state index in [0.717, 1.165) is 17.9 Å². The molecule has 0 unspecified atom stereocenters. The van der Waals surface area contributed by atoms with Gasteiger partial charge in [0.25, 0.3) is 0 Å². The minimum atomic E-state index is 0.267. The van der Waals surface area contributed by atoms with Crippen molar-refractivity contribution in [3.8, 4) is 11.8 Å². The van der Waals surface area contributed by atoms with E-state index in [9.17, 15) is 0 Å².